The van der Waals surface area contributed by atoms with Crippen LogP contribution in [0.4, 0.5) is 5.13 Å². The highest BCUT2D eigenvalue weighted by molar-refractivity contribution is 7.15. The van der Waals surface area contributed by atoms with E-state index < -0.39 is 0 Å². The topological polar surface area (TPSA) is 53.6 Å². The maximum absolute atomic E-state index is 4.47. The molecule has 4 nitrogen and oxygen atoms in total. The Morgan fingerprint density at radius 1 is 1.50 bits per heavy atom. The molecule has 2 aromatic rings. The molecule has 16 heavy (non-hydrogen) atoms. The molecule has 0 radical (unpaired) electrons. The van der Waals surface area contributed by atoms with Crippen LogP contribution in [0, 0.1) is 13.8 Å². The molecule has 0 aromatic carbocycles. The molecule has 0 saturated carbocycles. The molecule has 2 N–H and O–H groups in total. The molecule has 86 valence electrons. The van der Waals surface area contributed by atoms with E-state index in [2.05, 4.69) is 34.1 Å². The average molecular weight is 236 g/mol. The normalized spacial score (nSPS) is 12.7. The van der Waals surface area contributed by atoms with Crippen LogP contribution in [0.25, 0.3) is 0 Å². The molecular formula is C11H16N4S. The summed E-state index contributed by atoms with van der Waals surface area (Å²) in [4.78, 5) is 13.1. The highest BCUT2D eigenvalue weighted by Crippen LogP contribution is 2.25. The summed E-state index contributed by atoms with van der Waals surface area (Å²) in [6.45, 7) is 6.25. The van der Waals surface area contributed by atoms with Gasteiger partial charge in [-0.25, -0.2) is 9.97 Å². The summed E-state index contributed by atoms with van der Waals surface area (Å²) >= 11 is 1.69. The van der Waals surface area contributed by atoms with E-state index in [0.717, 1.165) is 23.1 Å². The molecule has 0 amide bonds. The van der Waals surface area contributed by atoms with E-state index >= 15 is 0 Å². The maximum Gasteiger partial charge on any atom is 0.183 e. The van der Waals surface area contributed by atoms with Gasteiger partial charge in [0.05, 0.1) is 11.7 Å². The number of aryl methyl sites for hydroxylation is 2. The first-order chi connectivity index (χ1) is 7.70. The minimum atomic E-state index is 0.208. The minimum absolute atomic E-state index is 0.208. The van der Waals surface area contributed by atoms with Crippen molar-refractivity contribution in [3.05, 3.63) is 28.8 Å². The monoisotopic (exact) mass is 236 g/mol. The number of aromatic nitrogens is 3. The van der Waals surface area contributed by atoms with E-state index in [-0.39, 0.29) is 6.04 Å². The first kappa shape index (κ1) is 11.1. The molecule has 0 aliphatic rings. The van der Waals surface area contributed by atoms with Crippen LogP contribution in [-0.2, 0) is 0 Å². The number of H-pyrrole nitrogens is 1. The minimum Gasteiger partial charge on any atom is -0.352 e. The lowest BCUT2D eigenvalue weighted by molar-refractivity contribution is 0.703. The van der Waals surface area contributed by atoms with Gasteiger partial charge in [-0.05, 0) is 20.3 Å². The van der Waals surface area contributed by atoms with Crippen molar-refractivity contribution in [1.29, 1.82) is 0 Å². The molecule has 0 aliphatic carbocycles. The van der Waals surface area contributed by atoms with Gasteiger partial charge in [-0.15, -0.1) is 11.3 Å². The predicted molar refractivity (Wildman–Crippen MR) is 66.8 cm³/mol. The van der Waals surface area contributed by atoms with Crippen molar-refractivity contribution in [2.75, 3.05) is 5.32 Å². The summed E-state index contributed by atoms with van der Waals surface area (Å²) in [5.74, 6) is 0.966. The molecular weight excluding hydrogens is 220 g/mol. The molecule has 2 heterocycles. The Kier molecular flexibility index (Phi) is 3.24. The molecule has 0 fully saturated rings. The van der Waals surface area contributed by atoms with Crippen LogP contribution in [0.1, 0.15) is 35.8 Å². The number of hydrogen-bond donors (Lipinski definition) is 2. The summed E-state index contributed by atoms with van der Waals surface area (Å²) in [6.07, 6.45) is 4.60. The predicted octanol–water partition coefficient (Wildman–Crippen LogP) is 3.05. The van der Waals surface area contributed by atoms with Crippen molar-refractivity contribution in [2.45, 2.75) is 33.2 Å². The van der Waals surface area contributed by atoms with Gasteiger partial charge in [-0.3, -0.25) is 0 Å². The van der Waals surface area contributed by atoms with Gasteiger partial charge >= 0.3 is 0 Å². The summed E-state index contributed by atoms with van der Waals surface area (Å²) in [6, 6.07) is 0.208. The average Bonchev–Trinajstić information content (AvgIpc) is 2.86. The first-order valence-corrected chi connectivity index (χ1v) is 6.22. The third-order valence-corrected chi connectivity index (χ3v) is 3.59. The van der Waals surface area contributed by atoms with Gasteiger partial charge in [0.1, 0.15) is 5.82 Å². The van der Waals surface area contributed by atoms with Crippen molar-refractivity contribution in [1.82, 2.24) is 15.0 Å². The van der Waals surface area contributed by atoms with E-state index in [1.54, 1.807) is 17.5 Å². The Hall–Kier alpha value is -1.36. The molecule has 1 unspecified atom stereocenters. The Bertz CT molecular complexity index is 427. The van der Waals surface area contributed by atoms with Gasteiger partial charge in [0.25, 0.3) is 0 Å². The lowest BCUT2D eigenvalue weighted by Crippen LogP contribution is -2.11. The second-order valence-corrected chi connectivity index (χ2v) is 4.94. The lowest BCUT2D eigenvalue weighted by Gasteiger charge is -2.13. The van der Waals surface area contributed by atoms with Crippen molar-refractivity contribution in [3.63, 3.8) is 0 Å². The molecule has 1 atom stereocenters. The van der Waals surface area contributed by atoms with Gasteiger partial charge in [0, 0.05) is 17.3 Å². The SMILES string of the molecule is CCC(Nc1nc(C)c(C)s1)c1ncc[nH]1. The summed E-state index contributed by atoms with van der Waals surface area (Å²) in [7, 11) is 0. The van der Waals surface area contributed by atoms with Gasteiger partial charge in [0.15, 0.2) is 5.13 Å². The van der Waals surface area contributed by atoms with E-state index in [9.17, 15) is 0 Å². The molecule has 0 aliphatic heterocycles. The quantitative estimate of drug-likeness (QED) is 0.858. The van der Waals surface area contributed by atoms with Crippen molar-refractivity contribution in [2.24, 2.45) is 0 Å². The standard InChI is InChI=1S/C11H16N4S/c1-4-9(10-12-5-6-13-10)15-11-14-7(2)8(3)16-11/h5-6,9H,4H2,1-3H3,(H,12,13)(H,14,15). The second-order valence-electron chi connectivity index (χ2n) is 3.74. The van der Waals surface area contributed by atoms with Crippen LogP contribution in [0.2, 0.25) is 0 Å². The van der Waals surface area contributed by atoms with Crippen LogP contribution >= 0.6 is 11.3 Å². The zero-order valence-corrected chi connectivity index (χ0v) is 10.6. The molecule has 2 rings (SSSR count). The van der Waals surface area contributed by atoms with Crippen LogP contribution in [0.3, 0.4) is 0 Å². The highest BCUT2D eigenvalue weighted by Gasteiger charge is 2.13. The maximum atomic E-state index is 4.47. The van der Waals surface area contributed by atoms with Crippen molar-refractivity contribution >= 4 is 16.5 Å². The largest absolute Gasteiger partial charge is 0.352 e. The second kappa shape index (κ2) is 4.65. The zero-order chi connectivity index (χ0) is 11.5. The molecule has 0 spiro atoms. The van der Waals surface area contributed by atoms with Gasteiger partial charge < -0.3 is 10.3 Å². The number of aromatic amines is 1. The van der Waals surface area contributed by atoms with Crippen molar-refractivity contribution < 1.29 is 0 Å². The highest BCUT2D eigenvalue weighted by atomic mass is 32.1. The number of rotatable bonds is 4. The Balaban J connectivity index is 2.13. The molecule has 0 saturated heterocycles. The molecule has 2 aromatic heterocycles. The van der Waals surface area contributed by atoms with Crippen LogP contribution in [0.15, 0.2) is 12.4 Å². The van der Waals surface area contributed by atoms with E-state index in [1.807, 2.05) is 13.1 Å². The number of nitrogens with zero attached hydrogens (tertiary/aromatic N) is 2. The summed E-state index contributed by atoms with van der Waals surface area (Å²) < 4.78 is 0. The van der Waals surface area contributed by atoms with Gasteiger partial charge in [0.2, 0.25) is 0 Å². The Labute approximate surface area is 99.2 Å². The smallest absolute Gasteiger partial charge is 0.183 e. The summed E-state index contributed by atoms with van der Waals surface area (Å²) in [5, 5.41) is 4.38. The van der Waals surface area contributed by atoms with Crippen LogP contribution in [-0.4, -0.2) is 15.0 Å². The Morgan fingerprint density at radius 3 is 2.81 bits per heavy atom. The van der Waals surface area contributed by atoms with E-state index in [0.29, 0.717) is 0 Å². The number of nitrogens with one attached hydrogen (secondary N) is 2. The fraction of sp³-hybridized carbons (Fsp3) is 0.455. The number of thiazole rings is 1. The van der Waals surface area contributed by atoms with Gasteiger partial charge in [-0.2, -0.15) is 0 Å². The fourth-order valence-corrected chi connectivity index (χ4v) is 2.38. The van der Waals surface area contributed by atoms with Gasteiger partial charge in [-0.1, -0.05) is 6.92 Å². The number of imidazole rings is 1. The zero-order valence-electron chi connectivity index (χ0n) is 9.74. The summed E-state index contributed by atoms with van der Waals surface area (Å²) in [5.41, 5.74) is 1.10. The van der Waals surface area contributed by atoms with E-state index in [1.165, 1.54) is 4.88 Å². The Morgan fingerprint density at radius 2 is 2.31 bits per heavy atom. The molecule has 0 bridgehead atoms. The van der Waals surface area contributed by atoms with Crippen LogP contribution in [0.5, 0.6) is 0 Å². The fourth-order valence-electron chi connectivity index (χ4n) is 1.52. The van der Waals surface area contributed by atoms with Crippen LogP contribution < -0.4 is 5.32 Å². The first-order valence-electron chi connectivity index (χ1n) is 5.40. The lowest BCUT2D eigenvalue weighted by atomic mass is 10.2. The third kappa shape index (κ3) is 2.24. The number of hydrogen-bond acceptors (Lipinski definition) is 4. The molecule has 5 heteroatoms. The van der Waals surface area contributed by atoms with E-state index in [4.69, 9.17) is 0 Å². The third-order valence-electron chi connectivity index (χ3n) is 2.58. The van der Waals surface area contributed by atoms with Crippen molar-refractivity contribution in [3.8, 4) is 0 Å². The number of anilines is 1.